The van der Waals surface area contributed by atoms with Crippen molar-refractivity contribution in [2.24, 2.45) is 0 Å². The number of hydrogen-bond donors (Lipinski definition) is 1. The van der Waals surface area contributed by atoms with Crippen LogP contribution in [0.5, 0.6) is 5.75 Å². The Bertz CT molecular complexity index is 1580. The number of pyridine rings is 1. The number of aromatic amines is 1. The maximum atomic E-state index is 13.2. The summed E-state index contributed by atoms with van der Waals surface area (Å²) >= 11 is 0. The highest BCUT2D eigenvalue weighted by atomic mass is 16.5. The molecule has 0 spiro atoms. The van der Waals surface area contributed by atoms with E-state index in [0.717, 1.165) is 52.0 Å². The Labute approximate surface area is 228 Å². The fraction of sp³-hybridized carbons (Fsp3) is 0.290. The molecule has 200 valence electrons. The van der Waals surface area contributed by atoms with Crippen LogP contribution in [0.2, 0.25) is 0 Å². The van der Waals surface area contributed by atoms with E-state index >= 15 is 0 Å². The van der Waals surface area contributed by atoms with Crippen LogP contribution in [0, 0.1) is 0 Å². The highest BCUT2D eigenvalue weighted by Gasteiger charge is 2.26. The summed E-state index contributed by atoms with van der Waals surface area (Å²) in [5.41, 5.74) is 4.98. The number of rotatable bonds is 11. The molecule has 1 unspecified atom stereocenters. The van der Waals surface area contributed by atoms with Crippen LogP contribution >= 0.6 is 0 Å². The SMILES string of the molecule is CCc1ccc2[nH]c(=O)c(CN(Cc3ccccc3)C(CC)c3nnnn3Cc3ccc(OC)cc3)cc2c1. The molecule has 0 aliphatic rings. The number of benzene rings is 3. The molecule has 8 nitrogen and oxygen atoms in total. The van der Waals surface area contributed by atoms with Crippen molar-refractivity contribution in [1.29, 1.82) is 0 Å². The van der Waals surface area contributed by atoms with Crippen molar-refractivity contribution in [2.45, 2.75) is 52.4 Å². The molecule has 0 saturated heterocycles. The van der Waals surface area contributed by atoms with Gasteiger partial charge in [0.15, 0.2) is 5.82 Å². The van der Waals surface area contributed by atoms with Crippen molar-refractivity contribution < 1.29 is 4.74 Å². The summed E-state index contributed by atoms with van der Waals surface area (Å²) in [5, 5.41) is 13.9. The minimum Gasteiger partial charge on any atom is -0.497 e. The molecule has 5 rings (SSSR count). The maximum absolute atomic E-state index is 13.2. The highest BCUT2D eigenvalue weighted by molar-refractivity contribution is 5.79. The average molecular weight is 523 g/mol. The summed E-state index contributed by atoms with van der Waals surface area (Å²) in [4.78, 5) is 18.6. The van der Waals surface area contributed by atoms with Gasteiger partial charge >= 0.3 is 0 Å². The topological polar surface area (TPSA) is 88.9 Å². The lowest BCUT2D eigenvalue weighted by atomic mass is 10.1. The van der Waals surface area contributed by atoms with Crippen molar-refractivity contribution in [3.63, 3.8) is 0 Å². The maximum Gasteiger partial charge on any atom is 0.252 e. The molecule has 0 saturated carbocycles. The van der Waals surface area contributed by atoms with Gasteiger partial charge in [-0.25, -0.2) is 4.68 Å². The van der Waals surface area contributed by atoms with E-state index in [4.69, 9.17) is 4.74 Å². The smallest absolute Gasteiger partial charge is 0.252 e. The zero-order valence-corrected chi connectivity index (χ0v) is 22.7. The fourth-order valence-electron chi connectivity index (χ4n) is 5.02. The number of fused-ring (bicyclic) bond motifs is 1. The van der Waals surface area contributed by atoms with Crippen LogP contribution in [0.1, 0.15) is 54.4 Å². The highest BCUT2D eigenvalue weighted by Crippen LogP contribution is 2.27. The van der Waals surface area contributed by atoms with Crippen LogP contribution in [0.4, 0.5) is 0 Å². The first-order valence-corrected chi connectivity index (χ1v) is 13.4. The standard InChI is InChI=1S/C31H34N6O2/c1-4-22-13-16-28-25(17-22)18-26(31(38)32-28)21-36(19-23-9-7-6-8-10-23)29(5-2)30-33-34-35-37(30)20-24-11-14-27(39-3)15-12-24/h6-18,29H,4-5,19-21H2,1-3H3,(H,32,38). The third-order valence-corrected chi connectivity index (χ3v) is 7.17. The van der Waals surface area contributed by atoms with Gasteiger partial charge < -0.3 is 9.72 Å². The van der Waals surface area contributed by atoms with Crippen molar-refractivity contribution in [2.75, 3.05) is 7.11 Å². The largest absolute Gasteiger partial charge is 0.497 e. The van der Waals surface area contributed by atoms with E-state index in [2.05, 4.69) is 63.5 Å². The van der Waals surface area contributed by atoms with E-state index in [1.165, 1.54) is 5.56 Å². The lowest BCUT2D eigenvalue weighted by molar-refractivity contribution is 0.161. The number of hydrogen-bond acceptors (Lipinski definition) is 6. The van der Waals surface area contributed by atoms with Gasteiger partial charge in [0, 0.05) is 24.2 Å². The number of aromatic nitrogens is 5. The predicted octanol–water partition coefficient (Wildman–Crippen LogP) is 5.29. The summed E-state index contributed by atoms with van der Waals surface area (Å²) in [6.07, 6.45) is 1.72. The molecule has 39 heavy (non-hydrogen) atoms. The quantitative estimate of drug-likeness (QED) is 0.254. The Morgan fingerprint density at radius 2 is 1.69 bits per heavy atom. The van der Waals surface area contributed by atoms with Crippen LogP contribution in [0.25, 0.3) is 10.9 Å². The number of ether oxygens (including phenoxy) is 1. The lowest BCUT2D eigenvalue weighted by Crippen LogP contribution is -2.32. The molecule has 0 aliphatic heterocycles. The third-order valence-electron chi connectivity index (χ3n) is 7.17. The van der Waals surface area contributed by atoms with Crippen molar-refractivity contribution in [3.05, 3.63) is 117 Å². The molecule has 0 fully saturated rings. The number of aryl methyl sites for hydroxylation is 1. The van der Waals surface area contributed by atoms with Gasteiger partial charge in [-0.1, -0.05) is 62.4 Å². The molecular weight excluding hydrogens is 488 g/mol. The molecular formula is C31H34N6O2. The van der Waals surface area contributed by atoms with Crippen LogP contribution in [-0.4, -0.2) is 37.2 Å². The molecule has 0 radical (unpaired) electrons. The number of tetrazole rings is 1. The molecule has 8 heteroatoms. The van der Waals surface area contributed by atoms with E-state index < -0.39 is 0 Å². The van der Waals surface area contributed by atoms with Crippen LogP contribution in [-0.2, 0) is 26.1 Å². The first-order chi connectivity index (χ1) is 19.1. The Morgan fingerprint density at radius 3 is 2.41 bits per heavy atom. The number of methoxy groups -OCH3 is 1. The number of H-pyrrole nitrogens is 1. The zero-order chi connectivity index (χ0) is 27.2. The van der Waals surface area contributed by atoms with Gasteiger partial charge in [0.05, 0.1) is 19.7 Å². The molecule has 2 heterocycles. The van der Waals surface area contributed by atoms with Crippen LogP contribution in [0.15, 0.2) is 83.7 Å². The van der Waals surface area contributed by atoms with Gasteiger partial charge in [-0.05, 0) is 75.7 Å². The summed E-state index contributed by atoms with van der Waals surface area (Å²) in [5.74, 6) is 1.58. The molecule has 1 N–H and O–H groups in total. The van der Waals surface area contributed by atoms with E-state index in [9.17, 15) is 4.79 Å². The van der Waals surface area contributed by atoms with Crippen LogP contribution in [0.3, 0.4) is 0 Å². The lowest BCUT2D eigenvalue weighted by Gasteiger charge is -2.30. The fourth-order valence-corrected chi connectivity index (χ4v) is 5.02. The Balaban J connectivity index is 1.50. The normalized spacial score (nSPS) is 12.2. The van der Waals surface area contributed by atoms with Gasteiger partial charge in [0.1, 0.15) is 5.75 Å². The van der Waals surface area contributed by atoms with Crippen molar-refractivity contribution in [3.8, 4) is 5.75 Å². The zero-order valence-electron chi connectivity index (χ0n) is 22.7. The third kappa shape index (κ3) is 6.07. The second-order valence-electron chi connectivity index (χ2n) is 9.76. The Morgan fingerprint density at radius 1 is 0.923 bits per heavy atom. The van der Waals surface area contributed by atoms with Crippen molar-refractivity contribution >= 4 is 10.9 Å². The minimum absolute atomic E-state index is 0.0718. The van der Waals surface area contributed by atoms with Crippen molar-refractivity contribution in [1.82, 2.24) is 30.1 Å². The molecule has 3 aromatic carbocycles. The molecule has 0 aliphatic carbocycles. The predicted molar refractivity (Wildman–Crippen MR) is 153 cm³/mol. The van der Waals surface area contributed by atoms with E-state index in [1.54, 1.807) is 7.11 Å². The number of nitrogens with one attached hydrogen (secondary N) is 1. The summed E-state index contributed by atoms with van der Waals surface area (Å²) in [6, 6.07) is 26.4. The monoisotopic (exact) mass is 522 g/mol. The number of nitrogens with zero attached hydrogens (tertiary/aromatic N) is 5. The molecule has 1 atom stereocenters. The summed E-state index contributed by atoms with van der Waals surface area (Å²) in [6.45, 7) is 5.93. The van der Waals surface area contributed by atoms with E-state index in [1.807, 2.05) is 59.3 Å². The second-order valence-corrected chi connectivity index (χ2v) is 9.76. The van der Waals surface area contributed by atoms with Crippen LogP contribution < -0.4 is 10.3 Å². The van der Waals surface area contributed by atoms with Gasteiger partial charge in [0.25, 0.3) is 5.56 Å². The summed E-state index contributed by atoms with van der Waals surface area (Å²) in [7, 11) is 1.66. The van der Waals surface area contributed by atoms with E-state index in [-0.39, 0.29) is 11.6 Å². The first-order valence-electron chi connectivity index (χ1n) is 13.4. The molecule has 0 amide bonds. The minimum atomic E-state index is -0.101. The van der Waals surface area contributed by atoms with E-state index in [0.29, 0.717) is 19.6 Å². The van der Waals surface area contributed by atoms with Gasteiger partial charge in [0.2, 0.25) is 0 Å². The molecule has 2 aromatic heterocycles. The van der Waals surface area contributed by atoms with Gasteiger partial charge in [-0.2, -0.15) is 0 Å². The Kier molecular flexibility index (Phi) is 8.13. The first kappa shape index (κ1) is 26.3. The average Bonchev–Trinajstić information content (AvgIpc) is 3.42. The second kappa shape index (κ2) is 12.0. The summed E-state index contributed by atoms with van der Waals surface area (Å²) < 4.78 is 7.15. The molecule has 5 aromatic rings. The Hall–Kier alpha value is -4.30. The van der Waals surface area contributed by atoms with Gasteiger partial charge in [-0.15, -0.1) is 5.10 Å². The van der Waals surface area contributed by atoms with Gasteiger partial charge in [-0.3, -0.25) is 9.69 Å². The molecule has 0 bridgehead atoms.